The summed E-state index contributed by atoms with van der Waals surface area (Å²) in [5.74, 6) is 0.592. The van der Waals surface area contributed by atoms with Gasteiger partial charge in [0.05, 0.1) is 11.5 Å². The zero-order valence-electron chi connectivity index (χ0n) is 13.7. The van der Waals surface area contributed by atoms with Crippen LogP contribution in [0.25, 0.3) is 0 Å². The van der Waals surface area contributed by atoms with Crippen LogP contribution in [0.15, 0.2) is 41.8 Å². The summed E-state index contributed by atoms with van der Waals surface area (Å²) >= 11 is 6.56. The molecule has 0 atom stereocenters. The van der Waals surface area contributed by atoms with E-state index in [-0.39, 0.29) is 11.0 Å². The van der Waals surface area contributed by atoms with Gasteiger partial charge in [0, 0.05) is 11.8 Å². The summed E-state index contributed by atoms with van der Waals surface area (Å²) in [7, 11) is 0. The number of ether oxygens (including phenoxy) is 1. The van der Waals surface area contributed by atoms with Crippen molar-refractivity contribution in [3.05, 3.63) is 46.7 Å². The molecule has 1 aromatic carbocycles. The highest BCUT2D eigenvalue weighted by Gasteiger charge is 2.08. The Morgan fingerprint density at radius 3 is 2.83 bits per heavy atom. The second-order valence-electron chi connectivity index (χ2n) is 5.32. The molecule has 2 N–H and O–H groups in total. The lowest BCUT2D eigenvalue weighted by atomic mass is 10.2. The Morgan fingerprint density at radius 1 is 1.21 bits per heavy atom. The first-order valence-corrected chi connectivity index (χ1v) is 9.36. The van der Waals surface area contributed by atoms with Gasteiger partial charge in [-0.05, 0) is 42.2 Å². The van der Waals surface area contributed by atoms with E-state index in [4.69, 9.17) is 17.0 Å². The Morgan fingerprint density at radius 2 is 2.08 bits per heavy atom. The second-order valence-corrected chi connectivity index (χ2v) is 6.68. The number of anilines is 1. The third-order valence-electron chi connectivity index (χ3n) is 3.33. The van der Waals surface area contributed by atoms with E-state index < -0.39 is 0 Å². The van der Waals surface area contributed by atoms with E-state index in [1.54, 1.807) is 6.07 Å². The standard InChI is InChI=1S/C18H22N2O2S2/c1-2-3-4-5-11-22-15-9-6-8-14(13-15)19-18(23)20-17(21)16-10-7-12-24-16/h6-10,12-13H,2-5,11H2,1H3,(H2,19,20,21,23). The maximum Gasteiger partial charge on any atom is 0.267 e. The van der Waals surface area contributed by atoms with Crippen molar-refractivity contribution in [2.24, 2.45) is 0 Å². The van der Waals surface area contributed by atoms with E-state index in [1.165, 1.54) is 30.6 Å². The number of unbranched alkanes of at least 4 members (excludes halogenated alkanes) is 3. The number of thiophene rings is 1. The summed E-state index contributed by atoms with van der Waals surface area (Å²) in [6.45, 7) is 2.90. The summed E-state index contributed by atoms with van der Waals surface area (Å²) in [4.78, 5) is 12.6. The molecule has 0 bridgehead atoms. The summed E-state index contributed by atoms with van der Waals surface area (Å²) in [6, 6.07) is 11.2. The summed E-state index contributed by atoms with van der Waals surface area (Å²) < 4.78 is 5.75. The molecule has 128 valence electrons. The smallest absolute Gasteiger partial charge is 0.267 e. The van der Waals surface area contributed by atoms with E-state index in [0.717, 1.165) is 17.9 Å². The fourth-order valence-corrected chi connectivity index (χ4v) is 2.95. The first-order valence-electron chi connectivity index (χ1n) is 8.07. The van der Waals surface area contributed by atoms with Gasteiger partial charge in [0.2, 0.25) is 0 Å². The number of hydrogen-bond donors (Lipinski definition) is 2. The van der Waals surface area contributed by atoms with Gasteiger partial charge in [0.25, 0.3) is 5.91 Å². The largest absolute Gasteiger partial charge is 0.494 e. The number of rotatable bonds is 8. The Kier molecular flexibility index (Phi) is 7.71. The Bertz CT molecular complexity index is 657. The number of thiocarbonyl (C=S) groups is 1. The molecule has 0 unspecified atom stereocenters. The molecule has 0 aliphatic rings. The molecule has 1 heterocycles. The number of hydrogen-bond acceptors (Lipinski definition) is 4. The quantitative estimate of drug-likeness (QED) is 0.521. The van der Waals surface area contributed by atoms with Gasteiger partial charge in [-0.2, -0.15) is 0 Å². The molecule has 0 aliphatic heterocycles. The molecule has 1 aromatic heterocycles. The van der Waals surface area contributed by atoms with Crippen molar-refractivity contribution in [2.75, 3.05) is 11.9 Å². The lowest BCUT2D eigenvalue weighted by molar-refractivity contribution is 0.0981. The van der Waals surface area contributed by atoms with Crippen LogP contribution in [0.4, 0.5) is 5.69 Å². The van der Waals surface area contributed by atoms with Gasteiger partial charge in [-0.25, -0.2) is 0 Å². The fraction of sp³-hybridized carbons (Fsp3) is 0.333. The SMILES string of the molecule is CCCCCCOc1cccc(NC(=S)NC(=O)c2cccs2)c1. The van der Waals surface area contributed by atoms with Gasteiger partial charge in [0.1, 0.15) is 5.75 Å². The summed E-state index contributed by atoms with van der Waals surface area (Å²) in [5, 5.41) is 7.80. The van der Waals surface area contributed by atoms with Crippen LogP contribution in [-0.2, 0) is 0 Å². The molecule has 2 aromatic rings. The van der Waals surface area contributed by atoms with Crippen molar-refractivity contribution in [1.29, 1.82) is 0 Å². The van der Waals surface area contributed by atoms with Crippen LogP contribution in [0, 0.1) is 0 Å². The van der Waals surface area contributed by atoms with Crippen molar-refractivity contribution in [2.45, 2.75) is 32.6 Å². The number of carbonyl (C=O) groups excluding carboxylic acids is 1. The molecule has 0 aliphatic carbocycles. The number of nitrogens with one attached hydrogen (secondary N) is 2. The minimum atomic E-state index is -0.203. The first kappa shape index (κ1) is 18.4. The molecular formula is C18H22N2O2S2. The molecule has 24 heavy (non-hydrogen) atoms. The third kappa shape index (κ3) is 6.29. The highest BCUT2D eigenvalue weighted by atomic mass is 32.1. The van der Waals surface area contributed by atoms with Gasteiger partial charge in [-0.3, -0.25) is 10.1 Å². The van der Waals surface area contributed by atoms with E-state index in [0.29, 0.717) is 11.5 Å². The van der Waals surface area contributed by atoms with Crippen LogP contribution < -0.4 is 15.4 Å². The molecule has 0 saturated heterocycles. The monoisotopic (exact) mass is 362 g/mol. The molecule has 2 rings (SSSR count). The minimum absolute atomic E-state index is 0.203. The van der Waals surface area contributed by atoms with Crippen molar-refractivity contribution in [3.63, 3.8) is 0 Å². The maximum atomic E-state index is 11.9. The third-order valence-corrected chi connectivity index (χ3v) is 4.40. The van der Waals surface area contributed by atoms with Crippen LogP contribution in [0.5, 0.6) is 5.75 Å². The predicted molar refractivity (Wildman–Crippen MR) is 104 cm³/mol. The van der Waals surface area contributed by atoms with Crippen LogP contribution in [0.2, 0.25) is 0 Å². The predicted octanol–water partition coefficient (Wildman–Crippen LogP) is 4.83. The highest BCUT2D eigenvalue weighted by molar-refractivity contribution is 7.80. The van der Waals surface area contributed by atoms with E-state index in [1.807, 2.05) is 35.7 Å². The Labute approximate surface area is 152 Å². The van der Waals surface area contributed by atoms with Crippen molar-refractivity contribution in [1.82, 2.24) is 5.32 Å². The Hall–Kier alpha value is -1.92. The molecule has 0 fully saturated rings. The van der Waals surface area contributed by atoms with Crippen molar-refractivity contribution >= 4 is 40.3 Å². The van der Waals surface area contributed by atoms with Crippen molar-refractivity contribution < 1.29 is 9.53 Å². The van der Waals surface area contributed by atoms with Crippen LogP contribution in [-0.4, -0.2) is 17.6 Å². The van der Waals surface area contributed by atoms with E-state index >= 15 is 0 Å². The van der Waals surface area contributed by atoms with Gasteiger partial charge >= 0.3 is 0 Å². The molecular weight excluding hydrogens is 340 g/mol. The molecule has 6 heteroatoms. The molecule has 0 radical (unpaired) electrons. The number of carbonyl (C=O) groups is 1. The van der Waals surface area contributed by atoms with Gasteiger partial charge < -0.3 is 10.1 Å². The summed E-state index contributed by atoms with van der Waals surface area (Å²) in [6.07, 6.45) is 4.70. The zero-order chi connectivity index (χ0) is 17.2. The van der Waals surface area contributed by atoms with Crippen molar-refractivity contribution in [3.8, 4) is 5.75 Å². The van der Waals surface area contributed by atoms with Gasteiger partial charge in [0.15, 0.2) is 5.11 Å². The van der Waals surface area contributed by atoms with Gasteiger partial charge in [-0.15, -0.1) is 11.3 Å². The summed E-state index contributed by atoms with van der Waals surface area (Å²) in [5.41, 5.74) is 0.789. The molecule has 4 nitrogen and oxygen atoms in total. The number of benzene rings is 1. The highest BCUT2D eigenvalue weighted by Crippen LogP contribution is 2.18. The van der Waals surface area contributed by atoms with Crippen LogP contribution >= 0.6 is 23.6 Å². The zero-order valence-corrected chi connectivity index (χ0v) is 15.3. The van der Waals surface area contributed by atoms with E-state index in [9.17, 15) is 4.79 Å². The first-order chi connectivity index (χ1) is 11.7. The average Bonchev–Trinajstić information content (AvgIpc) is 3.09. The van der Waals surface area contributed by atoms with Crippen LogP contribution in [0.3, 0.4) is 0 Å². The minimum Gasteiger partial charge on any atom is -0.494 e. The normalized spacial score (nSPS) is 10.2. The maximum absolute atomic E-state index is 11.9. The molecule has 1 amide bonds. The van der Waals surface area contributed by atoms with Crippen LogP contribution in [0.1, 0.15) is 42.3 Å². The topological polar surface area (TPSA) is 50.4 Å². The second kappa shape index (κ2) is 10.1. The molecule has 0 spiro atoms. The lowest BCUT2D eigenvalue weighted by Crippen LogP contribution is -2.33. The van der Waals surface area contributed by atoms with E-state index in [2.05, 4.69) is 17.6 Å². The average molecular weight is 363 g/mol. The van der Waals surface area contributed by atoms with Gasteiger partial charge in [-0.1, -0.05) is 38.3 Å². The lowest BCUT2D eigenvalue weighted by Gasteiger charge is -2.11. The Balaban J connectivity index is 1.80. The fourth-order valence-electron chi connectivity index (χ4n) is 2.12. The molecule has 0 saturated carbocycles. The number of amides is 1.